The predicted octanol–water partition coefficient (Wildman–Crippen LogP) is 3.85. The maximum absolute atomic E-state index is 12.6. The molecule has 5 rings (SSSR count). The third-order valence-corrected chi connectivity index (χ3v) is 7.18. The molecule has 1 aliphatic carbocycles. The summed E-state index contributed by atoms with van der Waals surface area (Å²) in [6.45, 7) is 6.44. The molecule has 1 aromatic heterocycles. The Morgan fingerprint density at radius 3 is 2.43 bits per heavy atom. The van der Waals surface area contributed by atoms with Gasteiger partial charge in [0.05, 0.1) is 5.75 Å². The molecule has 1 N–H and O–H groups in total. The first-order chi connectivity index (χ1) is 14.7. The molecule has 7 nitrogen and oxygen atoms in total. The van der Waals surface area contributed by atoms with E-state index in [1.807, 2.05) is 6.07 Å². The minimum absolute atomic E-state index is 0.00471. The van der Waals surface area contributed by atoms with Gasteiger partial charge < -0.3 is 15.1 Å². The van der Waals surface area contributed by atoms with Crippen LogP contribution in [0.4, 0.5) is 17.3 Å². The number of amides is 1. The zero-order valence-corrected chi connectivity index (χ0v) is 18.5. The van der Waals surface area contributed by atoms with Gasteiger partial charge in [-0.15, -0.1) is 10.2 Å². The molecular formula is C22H30N6OS. The number of rotatable bonds is 7. The Bertz CT molecular complexity index is 912. The van der Waals surface area contributed by atoms with Crippen molar-refractivity contribution in [3.63, 3.8) is 0 Å². The normalized spacial score (nSPS) is 19.0. The summed E-state index contributed by atoms with van der Waals surface area (Å²) in [5.74, 6) is 1.34. The van der Waals surface area contributed by atoms with Gasteiger partial charge in [0.15, 0.2) is 5.16 Å². The topological polar surface area (TPSA) is 66.3 Å². The Morgan fingerprint density at radius 2 is 1.77 bits per heavy atom. The molecule has 3 heterocycles. The molecule has 1 amide bonds. The number of hydrogen-bond donors (Lipinski definition) is 1. The lowest BCUT2D eigenvalue weighted by Gasteiger charge is -2.19. The van der Waals surface area contributed by atoms with E-state index in [0.717, 1.165) is 48.5 Å². The summed E-state index contributed by atoms with van der Waals surface area (Å²) in [7, 11) is 0. The highest BCUT2D eigenvalue weighted by Crippen LogP contribution is 2.41. The Morgan fingerprint density at radius 1 is 1.07 bits per heavy atom. The molecule has 160 valence electrons. The molecule has 0 spiro atoms. The van der Waals surface area contributed by atoms with Gasteiger partial charge in [0, 0.05) is 43.6 Å². The maximum atomic E-state index is 12.6. The minimum atomic E-state index is 0.00471. The largest absolute Gasteiger partial charge is 0.372 e. The van der Waals surface area contributed by atoms with Crippen LogP contribution < -0.4 is 15.1 Å². The summed E-state index contributed by atoms with van der Waals surface area (Å²) in [6, 6.07) is 6.83. The number of thioether (sulfide) groups is 1. The molecule has 30 heavy (non-hydrogen) atoms. The highest BCUT2D eigenvalue weighted by atomic mass is 32.2. The lowest BCUT2D eigenvalue weighted by molar-refractivity contribution is -0.113. The molecule has 3 fully saturated rings. The van der Waals surface area contributed by atoms with Crippen LogP contribution in [0.1, 0.15) is 50.1 Å². The SMILES string of the molecule is Cc1cc(N2CCCC2)ccc1NC(=O)CSc1nnc(N2CCCC2)n1C1CC1. The second-order valence-electron chi connectivity index (χ2n) is 8.61. The molecule has 1 aromatic carbocycles. The number of benzene rings is 1. The fraction of sp³-hybridized carbons (Fsp3) is 0.591. The molecule has 0 atom stereocenters. The van der Waals surface area contributed by atoms with E-state index in [4.69, 9.17) is 0 Å². The Balaban J connectivity index is 1.21. The van der Waals surface area contributed by atoms with Crippen molar-refractivity contribution in [3.8, 4) is 0 Å². The van der Waals surface area contributed by atoms with Gasteiger partial charge in [-0.25, -0.2) is 0 Å². The predicted molar refractivity (Wildman–Crippen MR) is 122 cm³/mol. The lowest BCUT2D eigenvalue weighted by atomic mass is 10.1. The molecule has 2 saturated heterocycles. The summed E-state index contributed by atoms with van der Waals surface area (Å²) in [6.07, 6.45) is 7.33. The fourth-order valence-corrected chi connectivity index (χ4v) is 5.23. The third-order valence-electron chi connectivity index (χ3n) is 6.24. The maximum Gasteiger partial charge on any atom is 0.234 e. The molecule has 2 aromatic rings. The highest BCUT2D eigenvalue weighted by molar-refractivity contribution is 7.99. The summed E-state index contributed by atoms with van der Waals surface area (Å²) >= 11 is 1.49. The lowest BCUT2D eigenvalue weighted by Crippen LogP contribution is -2.22. The third kappa shape index (κ3) is 4.15. The van der Waals surface area contributed by atoms with Crippen molar-refractivity contribution in [2.45, 2.75) is 56.6 Å². The Hall–Kier alpha value is -2.22. The number of nitrogens with one attached hydrogen (secondary N) is 1. The molecule has 8 heteroatoms. The number of anilines is 3. The second kappa shape index (κ2) is 8.49. The smallest absolute Gasteiger partial charge is 0.234 e. The van der Waals surface area contributed by atoms with E-state index in [-0.39, 0.29) is 5.91 Å². The van der Waals surface area contributed by atoms with Crippen molar-refractivity contribution in [1.29, 1.82) is 0 Å². The first-order valence-corrected chi connectivity index (χ1v) is 12.2. The van der Waals surface area contributed by atoms with E-state index in [9.17, 15) is 4.79 Å². The van der Waals surface area contributed by atoms with E-state index >= 15 is 0 Å². The van der Waals surface area contributed by atoms with E-state index in [2.05, 4.69) is 48.9 Å². The van der Waals surface area contributed by atoms with Crippen LogP contribution in [0.5, 0.6) is 0 Å². The number of carbonyl (C=O) groups excluding carboxylic acids is 1. The van der Waals surface area contributed by atoms with Gasteiger partial charge in [-0.3, -0.25) is 9.36 Å². The molecule has 0 radical (unpaired) electrons. The van der Waals surface area contributed by atoms with Crippen molar-refractivity contribution >= 4 is 35.0 Å². The molecular weight excluding hydrogens is 396 g/mol. The van der Waals surface area contributed by atoms with Crippen LogP contribution in [-0.2, 0) is 4.79 Å². The van der Waals surface area contributed by atoms with Crippen LogP contribution in [0.15, 0.2) is 23.4 Å². The van der Waals surface area contributed by atoms with Gasteiger partial charge in [-0.1, -0.05) is 11.8 Å². The first kappa shape index (κ1) is 19.7. The summed E-state index contributed by atoms with van der Waals surface area (Å²) in [4.78, 5) is 17.4. The fourth-order valence-electron chi connectivity index (χ4n) is 4.43. The van der Waals surface area contributed by atoms with Crippen molar-refractivity contribution in [1.82, 2.24) is 14.8 Å². The minimum Gasteiger partial charge on any atom is -0.372 e. The summed E-state index contributed by atoms with van der Waals surface area (Å²) < 4.78 is 2.26. The number of aryl methyl sites for hydroxylation is 1. The van der Waals surface area contributed by atoms with Gasteiger partial charge in [0.2, 0.25) is 11.9 Å². The van der Waals surface area contributed by atoms with Gasteiger partial charge in [-0.2, -0.15) is 0 Å². The van der Waals surface area contributed by atoms with E-state index in [1.165, 1.54) is 56.0 Å². The molecule has 0 bridgehead atoms. The van der Waals surface area contributed by atoms with E-state index < -0.39 is 0 Å². The molecule has 1 saturated carbocycles. The second-order valence-corrected chi connectivity index (χ2v) is 9.55. The molecule has 3 aliphatic rings. The monoisotopic (exact) mass is 426 g/mol. The van der Waals surface area contributed by atoms with Gasteiger partial charge >= 0.3 is 0 Å². The van der Waals surface area contributed by atoms with E-state index in [0.29, 0.717) is 11.8 Å². The molecule has 2 aliphatic heterocycles. The van der Waals surface area contributed by atoms with Crippen molar-refractivity contribution in [3.05, 3.63) is 23.8 Å². The summed E-state index contributed by atoms with van der Waals surface area (Å²) in [5, 5.41) is 12.8. The van der Waals surface area contributed by atoms with Crippen LogP contribution in [0.25, 0.3) is 0 Å². The van der Waals surface area contributed by atoms with Crippen LogP contribution in [-0.4, -0.2) is 52.6 Å². The van der Waals surface area contributed by atoms with Crippen LogP contribution in [0, 0.1) is 6.92 Å². The Kier molecular flexibility index (Phi) is 5.58. The Labute approximate surface area is 182 Å². The number of carbonyl (C=O) groups is 1. The number of aromatic nitrogens is 3. The van der Waals surface area contributed by atoms with Gasteiger partial charge in [0.1, 0.15) is 0 Å². The van der Waals surface area contributed by atoms with E-state index in [1.54, 1.807) is 0 Å². The number of hydrogen-bond acceptors (Lipinski definition) is 6. The van der Waals surface area contributed by atoms with Gasteiger partial charge in [0.25, 0.3) is 0 Å². The van der Waals surface area contributed by atoms with Crippen molar-refractivity contribution in [2.75, 3.05) is 47.0 Å². The highest BCUT2D eigenvalue weighted by Gasteiger charge is 2.32. The first-order valence-electron chi connectivity index (χ1n) is 11.2. The molecule has 0 unspecified atom stereocenters. The van der Waals surface area contributed by atoms with Crippen LogP contribution in [0.2, 0.25) is 0 Å². The van der Waals surface area contributed by atoms with Crippen LogP contribution >= 0.6 is 11.8 Å². The average molecular weight is 427 g/mol. The zero-order chi connectivity index (χ0) is 20.5. The standard InChI is InChI=1S/C22H30N6OS/c1-16-14-18(26-10-2-3-11-26)8-9-19(16)23-20(29)15-30-22-25-24-21(27-12-4-5-13-27)28(22)17-6-7-17/h8-9,14,17H,2-7,10-13,15H2,1H3,(H,23,29). The van der Waals surface area contributed by atoms with Crippen molar-refractivity contribution in [2.24, 2.45) is 0 Å². The summed E-state index contributed by atoms with van der Waals surface area (Å²) in [5.41, 5.74) is 3.25. The van der Waals surface area contributed by atoms with Crippen molar-refractivity contribution < 1.29 is 4.79 Å². The number of nitrogens with zero attached hydrogens (tertiary/aromatic N) is 5. The zero-order valence-electron chi connectivity index (χ0n) is 17.6. The quantitative estimate of drug-likeness (QED) is 0.679. The van der Waals surface area contributed by atoms with Crippen LogP contribution in [0.3, 0.4) is 0 Å². The van der Waals surface area contributed by atoms with Gasteiger partial charge in [-0.05, 0) is 69.2 Å². The average Bonchev–Trinajstić information content (AvgIpc) is 3.19.